The SMILES string of the molecule is CCCn1cnc(-c2cc3nccc(Oc4ccc(CC(=O)CC(=O)Cc5ccccc5)cc4F)c3s2)c1. The van der Waals surface area contributed by atoms with Crippen molar-refractivity contribution in [2.24, 2.45) is 0 Å². The van der Waals surface area contributed by atoms with Crippen molar-refractivity contribution in [3.05, 3.63) is 96.3 Å². The van der Waals surface area contributed by atoms with Crippen LogP contribution in [0.3, 0.4) is 0 Å². The van der Waals surface area contributed by atoms with Gasteiger partial charge in [-0.15, -0.1) is 11.3 Å². The van der Waals surface area contributed by atoms with Crippen molar-refractivity contribution < 1.29 is 18.7 Å². The summed E-state index contributed by atoms with van der Waals surface area (Å²) in [6, 6.07) is 17.4. The van der Waals surface area contributed by atoms with Gasteiger partial charge in [-0.3, -0.25) is 14.6 Å². The van der Waals surface area contributed by atoms with Crippen LogP contribution >= 0.6 is 11.3 Å². The number of thiophene rings is 1. The van der Waals surface area contributed by atoms with Crippen molar-refractivity contribution >= 4 is 33.1 Å². The minimum Gasteiger partial charge on any atom is -0.453 e. The Balaban J connectivity index is 1.26. The Morgan fingerprint density at radius 2 is 1.74 bits per heavy atom. The van der Waals surface area contributed by atoms with Gasteiger partial charge in [-0.1, -0.05) is 43.3 Å². The minimum absolute atomic E-state index is 0.0177. The summed E-state index contributed by atoms with van der Waals surface area (Å²) in [6.45, 7) is 3.01. The van der Waals surface area contributed by atoms with Gasteiger partial charge < -0.3 is 9.30 Å². The molecule has 5 rings (SSSR count). The second-order valence-electron chi connectivity index (χ2n) is 9.09. The third-order valence-corrected chi connectivity index (χ3v) is 7.16. The molecular formula is C30H26FN3O3S. The van der Waals surface area contributed by atoms with Crippen LogP contribution in [-0.4, -0.2) is 26.1 Å². The van der Waals surface area contributed by atoms with Crippen molar-refractivity contribution in [1.82, 2.24) is 14.5 Å². The maximum Gasteiger partial charge on any atom is 0.166 e. The Bertz CT molecular complexity index is 1590. The number of halogens is 1. The molecule has 6 nitrogen and oxygen atoms in total. The first kappa shape index (κ1) is 25.5. The van der Waals surface area contributed by atoms with Gasteiger partial charge in [0.15, 0.2) is 11.6 Å². The first-order valence-corrected chi connectivity index (χ1v) is 13.2. The number of hydrogen-bond donors (Lipinski definition) is 0. The van der Waals surface area contributed by atoms with E-state index in [2.05, 4.69) is 16.9 Å². The molecule has 0 amide bonds. The largest absolute Gasteiger partial charge is 0.453 e. The van der Waals surface area contributed by atoms with E-state index in [1.807, 2.05) is 53.5 Å². The topological polar surface area (TPSA) is 74.1 Å². The number of carbonyl (C=O) groups is 2. The zero-order chi connectivity index (χ0) is 26.5. The van der Waals surface area contributed by atoms with Gasteiger partial charge in [0, 0.05) is 37.8 Å². The van der Waals surface area contributed by atoms with E-state index in [-0.39, 0.29) is 36.6 Å². The molecule has 0 aliphatic rings. The van der Waals surface area contributed by atoms with E-state index in [4.69, 9.17) is 4.74 Å². The van der Waals surface area contributed by atoms with Gasteiger partial charge >= 0.3 is 0 Å². The van der Waals surface area contributed by atoms with Crippen LogP contribution in [0.15, 0.2) is 79.4 Å². The van der Waals surface area contributed by atoms with Crippen LogP contribution in [0.4, 0.5) is 4.39 Å². The van der Waals surface area contributed by atoms with Gasteiger partial charge in [-0.2, -0.15) is 0 Å². The molecule has 192 valence electrons. The molecule has 0 spiro atoms. The first-order chi connectivity index (χ1) is 18.5. The molecule has 5 aromatic rings. The van der Waals surface area contributed by atoms with Crippen LogP contribution in [0, 0.1) is 5.82 Å². The molecule has 0 radical (unpaired) electrons. The summed E-state index contributed by atoms with van der Waals surface area (Å²) in [6.07, 6.45) is 6.48. The smallest absolute Gasteiger partial charge is 0.166 e. The van der Waals surface area contributed by atoms with Gasteiger partial charge in [0.2, 0.25) is 0 Å². The number of Topliss-reactive ketones (excluding diaryl/α,β-unsaturated/α-hetero) is 2. The van der Waals surface area contributed by atoms with Gasteiger partial charge in [0.1, 0.15) is 17.3 Å². The lowest BCUT2D eigenvalue weighted by molar-refractivity contribution is -0.126. The predicted octanol–water partition coefficient (Wildman–Crippen LogP) is 6.81. The van der Waals surface area contributed by atoms with Gasteiger partial charge in [0.25, 0.3) is 0 Å². The summed E-state index contributed by atoms with van der Waals surface area (Å²) in [7, 11) is 0. The van der Waals surface area contributed by atoms with E-state index >= 15 is 0 Å². The molecule has 0 saturated carbocycles. The molecule has 0 unspecified atom stereocenters. The molecule has 0 bridgehead atoms. The Morgan fingerprint density at radius 3 is 2.50 bits per heavy atom. The fourth-order valence-corrected chi connectivity index (χ4v) is 5.27. The molecule has 0 aliphatic carbocycles. The van der Waals surface area contributed by atoms with Crippen LogP contribution in [-0.2, 0) is 29.0 Å². The Kier molecular flexibility index (Phi) is 7.70. The van der Waals surface area contributed by atoms with E-state index in [1.54, 1.807) is 18.3 Å². The number of imidazole rings is 1. The van der Waals surface area contributed by atoms with Crippen LogP contribution in [0.25, 0.3) is 20.8 Å². The molecule has 38 heavy (non-hydrogen) atoms. The van der Waals surface area contributed by atoms with Crippen LogP contribution in [0.2, 0.25) is 0 Å². The molecule has 8 heteroatoms. The van der Waals surface area contributed by atoms with Crippen LogP contribution in [0.5, 0.6) is 11.5 Å². The summed E-state index contributed by atoms with van der Waals surface area (Å²) < 4.78 is 23.7. The quantitative estimate of drug-likeness (QED) is 0.176. The van der Waals surface area contributed by atoms with E-state index < -0.39 is 5.82 Å². The molecule has 3 aromatic heterocycles. The lowest BCUT2D eigenvalue weighted by Gasteiger charge is -2.09. The van der Waals surface area contributed by atoms with Crippen molar-refractivity contribution in [1.29, 1.82) is 0 Å². The van der Waals surface area contributed by atoms with Crippen molar-refractivity contribution in [2.75, 3.05) is 0 Å². The average molecular weight is 528 g/mol. The fraction of sp³-hybridized carbons (Fsp3) is 0.200. The standard InChI is InChI=1S/C30H26FN3O3S/c1-2-12-34-18-26(33-19-34)29-17-25-30(38-29)28(10-11-32-25)37-27-9-8-21(15-24(27)31)14-23(36)16-22(35)13-20-6-4-3-5-7-20/h3-11,15,17-19H,2,12-14,16H2,1H3. The van der Waals surface area contributed by atoms with E-state index in [9.17, 15) is 14.0 Å². The molecular weight excluding hydrogens is 501 g/mol. The molecule has 0 N–H and O–H groups in total. The first-order valence-electron chi connectivity index (χ1n) is 12.4. The number of pyridine rings is 1. The second kappa shape index (κ2) is 11.5. The highest BCUT2D eigenvalue weighted by molar-refractivity contribution is 7.22. The van der Waals surface area contributed by atoms with Crippen molar-refractivity contribution in [2.45, 2.75) is 39.2 Å². The normalized spacial score (nSPS) is 11.1. The summed E-state index contributed by atoms with van der Waals surface area (Å²) >= 11 is 1.49. The molecule has 0 aliphatic heterocycles. The highest BCUT2D eigenvalue weighted by Gasteiger charge is 2.16. The zero-order valence-corrected chi connectivity index (χ0v) is 21.7. The van der Waals surface area contributed by atoms with Gasteiger partial charge in [0.05, 0.1) is 33.5 Å². The van der Waals surface area contributed by atoms with Crippen LogP contribution < -0.4 is 4.74 Å². The monoisotopic (exact) mass is 527 g/mol. The fourth-order valence-electron chi connectivity index (χ4n) is 4.24. The number of fused-ring (bicyclic) bond motifs is 1. The maximum atomic E-state index is 15.0. The summed E-state index contributed by atoms with van der Waals surface area (Å²) in [5, 5.41) is 0. The minimum atomic E-state index is -0.578. The number of ether oxygens (including phenoxy) is 1. The number of ketones is 2. The van der Waals surface area contributed by atoms with Gasteiger partial charge in [-0.05, 0) is 35.7 Å². The highest BCUT2D eigenvalue weighted by Crippen LogP contribution is 2.39. The van der Waals surface area contributed by atoms with Crippen molar-refractivity contribution in [3.63, 3.8) is 0 Å². The second-order valence-corrected chi connectivity index (χ2v) is 10.1. The zero-order valence-electron chi connectivity index (χ0n) is 20.9. The van der Waals surface area contributed by atoms with E-state index in [0.717, 1.165) is 39.3 Å². The lowest BCUT2D eigenvalue weighted by Crippen LogP contribution is -2.12. The summed E-state index contributed by atoms with van der Waals surface area (Å²) in [5.74, 6) is -0.437. The van der Waals surface area contributed by atoms with E-state index in [1.165, 1.54) is 23.5 Å². The molecule has 0 atom stereocenters. The summed E-state index contributed by atoms with van der Waals surface area (Å²) in [5.41, 5.74) is 2.96. The number of hydrogen-bond acceptors (Lipinski definition) is 6. The Morgan fingerprint density at radius 1 is 0.947 bits per heavy atom. The molecule has 2 aromatic carbocycles. The molecule has 3 heterocycles. The predicted molar refractivity (Wildman–Crippen MR) is 146 cm³/mol. The van der Waals surface area contributed by atoms with Crippen LogP contribution in [0.1, 0.15) is 30.9 Å². The molecule has 0 saturated heterocycles. The maximum absolute atomic E-state index is 15.0. The lowest BCUT2D eigenvalue weighted by atomic mass is 10.0. The number of aryl methyl sites for hydroxylation is 1. The highest BCUT2D eigenvalue weighted by atomic mass is 32.1. The number of aromatic nitrogens is 3. The third-order valence-electron chi connectivity index (χ3n) is 6.00. The van der Waals surface area contributed by atoms with Gasteiger partial charge in [-0.25, -0.2) is 9.37 Å². The van der Waals surface area contributed by atoms with E-state index in [0.29, 0.717) is 11.3 Å². The number of carbonyl (C=O) groups excluding carboxylic acids is 2. The average Bonchev–Trinajstić information content (AvgIpc) is 3.54. The number of rotatable bonds is 11. The Labute approximate surface area is 223 Å². The molecule has 0 fully saturated rings. The Hall–Kier alpha value is -4.17. The van der Waals surface area contributed by atoms with Crippen molar-refractivity contribution in [3.8, 4) is 22.1 Å². The number of benzene rings is 2. The number of nitrogens with zero attached hydrogens (tertiary/aromatic N) is 3. The summed E-state index contributed by atoms with van der Waals surface area (Å²) in [4.78, 5) is 34.5. The third kappa shape index (κ3) is 6.03.